The highest BCUT2D eigenvalue weighted by molar-refractivity contribution is 5.82. The zero-order valence-corrected chi connectivity index (χ0v) is 16.0. The van der Waals surface area contributed by atoms with Crippen LogP contribution in [0.1, 0.15) is 24.8 Å². The Bertz CT molecular complexity index is 1040. The Kier molecular flexibility index (Phi) is 4.48. The minimum atomic E-state index is -0.251. The monoisotopic (exact) mass is 389 g/mol. The first-order valence-corrected chi connectivity index (χ1v) is 9.87. The maximum absolute atomic E-state index is 13.9. The largest absolute Gasteiger partial charge is 0.489 e. The van der Waals surface area contributed by atoms with E-state index < -0.39 is 0 Å². The SMILES string of the molecule is Fc1ccccc1COc1cccc(N(C2CCC2)[N+]23C=CN=CC2=CN=C3)c1. The third-order valence-electron chi connectivity index (χ3n) is 5.66. The fourth-order valence-corrected chi connectivity index (χ4v) is 3.93. The summed E-state index contributed by atoms with van der Waals surface area (Å²) in [4.78, 5) is 8.70. The quantitative estimate of drug-likeness (QED) is 0.657. The van der Waals surface area contributed by atoms with E-state index in [1.165, 1.54) is 12.5 Å². The Morgan fingerprint density at radius 1 is 1.10 bits per heavy atom. The molecule has 0 N–H and O–H groups in total. The van der Waals surface area contributed by atoms with Crippen molar-refractivity contribution in [3.63, 3.8) is 0 Å². The highest BCUT2D eigenvalue weighted by Gasteiger charge is 2.46. The molecule has 2 aromatic rings. The smallest absolute Gasteiger partial charge is 0.225 e. The Hall–Kier alpha value is -3.25. The van der Waals surface area contributed by atoms with Gasteiger partial charge in [-0.2, -0.15) is 0 Å². The van der Waals surface area contributed by atoms with Gasteiger partial charge in [-0.3, -0.25) is 4.99 Å². The molecule has 0 bridgehead atoms. The average molecular weight is 389 g/mol. The van der Waals surface area contributed by atoms with Gasteiger partial charge in [-0.15, -0.1) is 4.59 Å². The molecule has 0 amide bonds. The van der Waals surface area contributed by atoms with Crippen LogP contribution >= 0.6 is 0 Å². The number of nitrogens with zero attached hydrogens (tertiary/aromatic N) is 4. The molecule has 1 unspecified atom stereocenters. The molecule has 1 fully saturated rings. The van der Waals surface area contributed by atoms with Gasteiger partial charge in [0.05, 0.1) is 30.3 Å². The molecule has 2 aliphatic heterocycles. The van der Waals surface area contributed by atoms with Gasteiger partial charge in [0.1, 0.15) is 18.2 Å². The van der Waals surface area contributed by atoms with Crippen LogP contribution in [0.2, 0.25) is 0 Å². The number of benzene rings is 2. The van der Waals surface area contributed by atoms with Gasteiger partial charge in [-0.1, -0.05) is 24.3 Å². The average Bonchev–Trinajstić information content (AvgIpc) is 3.15. The zero-order chi connectivity index (χ0) is 19.7. The summed E-state index contributed by atoms with van der Waals surface area (Å²) in [7, 11) is 0. The van der Waals surface area contributed by atoms with Gasteiger partial charge >= 0.3 is 0 Å². The van der Waals surface area contributed by atoms with Crippen molar-refractivity contribution in [3.8, 4) is 5.75 Å². The zero-order valence-electron chi connectivity index (χ0n) is 16.0. The number of anilines is 1. The summed E-state index contributed by atoms with van der Waals surface area (Å²) in [5, 5.41) is 2.36. The van der Waals surface area contributed by atoms with E-state index in [9.17, 15) is 4.39 Å². The number of allylic oxidation sites excluding steroid dienone is 1. The molecular formula is C23H22FN4O+. The van der Waals surface area contributed by atoms with E-state index in [0.29, 0.717) is 21.9 Å². The Morgan fingerprint density at radius 2 is 2.00 bits per heavy atom. The normalized spacial score (nSPS) is 22.2. The van der Waals surface area contributed by atoms with Crippen molar-refractivity contribution in [2.45, 2.75) is 31.9 Å². The van der Waals surface area contributed by atoms with Crippen molar-refractivity contribution >= 4 is 18.2 Å². The van der Waals surface area contributed by atoms with E-state index in [1.54, 1.807) is 12.1 Å². The summed E-state index contributed by atoms with van der Waals surface area (Å²) in [5.41, 5.74) is 2.60. The van der Waals surface area contributed by atoms with E-state index in [-0.39, 0.29) is 12.4 Å². The van der Waals surface area contributed by atoms with Gasteiger partial charge in [0, 0.05) is 11.6 Å². The lowest BCUT2D eigenvalue weighted by atomic mass is 9.91. The molecule has 1 atom stereocenters. The van der Waals surface area contributed by atoms with Crippen LogP contribution in [-0.2, 0) is 6.61 Å². The van der Waals surface area contributed by atoms with Crippen molar-refractivity contribution in [2.24, 2.45) is 9.98 Å². The molecule has 2 aromatic carbocycles. The molecule has 1 saturated carbocycles. The first-order chi connectivity index (χ1) is 14.3. The maximum Gasteiger partial charge on any atom is 0.225 e. The molecule has 3 aliphatic rings. The molecular weight excluding hydrogens is 367 g/mol. The van der Waals surface area contributed by atoms with Crippen LogP contribution < -0.4 is 9.75 Å². The van der Waals surface area contributed by atoms with Gasteiger partial charge < -0.3 is 4.74 Å². The standard InChI is InChI=1S/C23H22FN4O/c24-23-10-2-1-5-18(23)16-29-22-9-4-8-20(13-22)27(19-6-3-7-19)28-12-11-25-14-21(28)15-26-17-28/h1-2,4-5,8-15,17,19H,3,6-7,16H2/q+1. The van der Waals surface area contributed by atoms with E-state index >= 15 is 0 Å². The second-order valence-corrected chi connectivity index (χ2v) is 7.44. The van der Waals surface area contributed by atoms with Crippen LogP contribution in [-0.4, -0.2) is 23.2 Å². The second kappa shape index (κ2) is 7.29. The Morgan fingerprint density at radius 3 is 2.83 bits per heavy atom. The first kappa shape index (κ1) is 17.8. The fourth-order valence-electron chi connectivity index (χ4n) is 3.93. The Balaban J connectivity index is 1.45. The summed E-state index contributed by atoms with van der Waals surface area (Å²) in [5.74, 6) is 0.462. The number of ether oxygens (including phenoxy) is 1. The van der Waals surface area contributed by atoms with E-state index in [4.69, 9.17) is 4.74 Å². The third kappa shape index (κ3) is 3.15. The molecule has 5 nitrogen and oxygen atoms in total. The fraction of sp³-hybridized carbons (Fsp3) is 0.217. The second-order valence-electron chi connectivity index (χ2n) is 7.44. The van der Waals surface area contributed by atoms with Crippen LogP contribution in [0, 0.1) is 5.82 Å². The minimum absolute atomic E-state index is 0.193. The van der Waals surface area contributed by atoms with Gasteiger partial charge in [0.15, 0.2) is 6.20 Å². The van der Waals surface area contributed by atoms with E-state index in [0.717, 1.165) is 24.2 Å². The summed E-state index contributed by atoms with van der Waals surface area (Å²) >= 11 is 0. The number of quaternary nitrogens is 1. The van der Waals surface area contributed by atoms with Crippen LogP contribution in [0.5, 0.6) is 5.75 Å². The van der Waals surface area contributed by atoms with E-state index in [1.807, 2.05) is 55.4 Å². The molecule has 5 rings (SSSR count). The number of hydrogen-bond donors (Lipinski definition) is 0. The number of halogens is 1. The number of rotatable bonds is 6. The van der Waals surface area contributed by atoms with Crippen molar-refractivity contribution in [2.75, 3.05) is 5.01 Å². The lowest BCUT2D eigenvalue weighted by Gasteiger charge is -2.46. The van der Waals surface area contributed by atoms with Crippen LogP contribution in [0.15, 0.2) is 82.8 Å². The summed E-state index contributed by atoms with van der Waals surface area (Å²) in [6.07, 6.45) is 13.0. The predicted molar refractivity (Wildman–Crippen MR) is 112 cm³/mol. The molecule has 6 heteroatoms. The van der Waals surface area contributed by atoms with Crippen LogP contribution in [0.25, 0.3) is 0 Å². The number of hydrogen-bond acceptors (Lipinski definition) is 4. The summed E-state index contributed by atoms with van der Waals surface area (Å²) in [6, 6.07) is 15.1. The van der Waals surface area contributed by atoms with Gasteiger partial charge in [-0.25, -0.2) is 14.4 Å². The molecule has 0 radical (unpaired) electrons. The van der Waals surface area contributed by atoms with Gasteiger partial charge in [0.25, 0.3) is 0 Å². The lowest BCUT2D eigenvalue weighted by Crippen LogP contribution is -2.61. The van der Waals surface area contributed by atoms with E-state index in [2.05, 4.69) is 21.1 Å². The maximum atomic E-state index is 13.9. The van der Waals surface area contributed by atoms with Crippen molar-refractivity contribution in [1.29, 1.82) is 0 Å². The molecule has 1 aliphatic carbocycles. The first-order valence-electron chi connectivity index (χ1n) is 9.87. The van der Waals surface area contributed by atoms with Crippen LogP contribution in [0.3, 0.4) is 0 Å². The van der Waals surface area contributed by atoms with Crippen molar-refractivity contribution < 1.29 is 13.7 Å². The highest BCUT2D eigenvalue weighted by atomic mass is 19.1. The molecule has 2 heterocycles. The minimum Gasteiger partial charge on any atom is -0.489 e. The molecule has 29 heavy (non-hydrogen) atoms. The van der Waals surface area contributed by atoms with Crippen molar-refractivity contribution in [3.05, 3.63) is 84.2 Å². The highest BCUT2D eigenvalue weighted by Crippen LogP contribution is 2.39. The molecule has 0 aromatic heterocycles. The summed E-state index contributed by atoms with van der Waals surface area (Å²) in [6.45, 7) is 0.193. The summed E-state index contributed by atoms with van der Waals surface area (Å²) < 4.78 is 20.2. The van der Waals surface area contributed by atoms with Crippen LogP contribution in [0.4, 0.5) is 10.1 Å². The van der Waals surface area contributed by atoms with Gasteiger partial charge in [0.2, 0.25) is 12.0 Å². The van der Waals surface area contributed by atoms with Crippen molar-refractivity contribution in [1.82, 2.24) is 0 Å². The third-order valence-corrected chi connectivity index (χ3v) is 5.66. The number of fused-ring (bicyclic) bond motifs is 1. The lowest BCUT2D eigenvalue weighted by molar-refractivity contribution is -0.746. The van der Waals surface area contributed by atoms with Gasteiger partial charge in [-0.05, 0) is 37.5 Å². The Labute approximate surface area is 169 Å². The molecule has 146 valence electrons. The number of aliphatic imine (C=N–C) groups is 2. The molecule has 0 spiro atoms. The predicted octanol–water partition coefficient (Wildman–Crippen LogP) is 4.93. The topological polar surface area (TPSA) is 37.2 Å². The molecule has 0 saturated heterocycles.